The lowest BCUT2D eigenvalue weighted by Crippen LogP contribution is -1.87. The van der Waals surface area contributed by atoms with Gasteiger partial charge in [-0.2, -0.15) is 0 Å². The first kappa shape index (κ1) is 14.5. The molecule has 0 aliphatic heterocycles. The van der Waals surface area contributed by atoms with Crippen molar-refractivity contribution in [3.63, 3.8) is 0 Å². The highest BCUT2D eigenvalue weighted by Crippen LogP contribution is 2.15. The Balaban J connectivity index is 2.28. The van der Waals surface area contributed by atoms with E-state index in [-0.39, 0.29) is 0 Å². The van der Waals surface area contributed by atoms with Crippen LogP contribution in [0.3, 0.4) is 0 Å². The van der Waals surface area contributed by atoms with E-state index in [1.807, 2.05) is 0 Å². The van der Waals surface area contributed by atoms with Crippen molar-refractivity contribution >= 4 is 6.29 Å². The molecule has 0 bridgehead atoms. The Labute approximate surface area is 107 Å². The average Bonchev–Trinajstić information content (AvgIpc) is 2.36. The summed E-state index contributed by atoms with van der Waals surface area (Å²) in [6, 6.07) is 0. The summed E-state index contributed by atoms with van der Waals surface area (Å²) in [4.78, 5) is 10.9. The highest BCUT2D eigenvalue weighted by Gasteiger charge is 1.98. The second-order valence-corrected chi connectivity index (χ2v) is 5.32. The Hall–Kier alpha value is -0.590. The molecule has 0 aromatic rings. The summed E-state index contributed by atoms with van der Waals surface area (Å²) < 4.78 is 0. The Morgan fingerprint density at radius 2 is 1.18 bits per heavy atom. The second kappa shape index (κ2) is 10.6. The van der Waals surface area contributed by atoms with E-state index in [4.69, 9.17) is 0 Å². The van der Waals surface area contributed by atoms with Gasteiger partial charge in [0, 0.05) is 0 Å². The van der Waals surface area contributed by atoms with Crippen molar-refractivity contribution in [3.05, 3.63) is 11.6 Å². The molecule has 0 aromatic heterocycles. The lowest BCUT2D eigenvalue weighted by atomic mass is 10.0. The van der Waals surface area contributed by atoms with Gasteiger partial charge < -0.3 is 0 Å². The van der Waals surface area contributed by atoms with Crippen molar-refractivity contribution in [1.29, 1.82) is 0 Å². The van der Waals surface area contributed by atoms with Crippen LogP contribution < -0.4 is 0 Å². The van der Waals surface area contributed by atoms with Crippen molar-refractivity contribution in [3.8, 4) is 0 Å². The fourth-order valence-corrected chi connectivity index (χ4v) is 2.56. The molecule has 1 rings (SSSR count). The van der Waals surface area contributed by atoms with Gasteiger partial charge in [0.2, 0.25) is 0 Å². The van der Waals surface area contributed by atoms with Gasteiger partial charge in [-0.15, -0.1) is 0 Å². The van der Waals surface area contributed by atoms with Crippen molar-refractivity contribution in [1.82, 2.24) is 0 Å². The van der Waals surface area contributed by atoms with Crippen LogP contribution in [0, 0.1) is 0 Å². The lowest BCUT2D eigenvalue weighted by Gasteiger charge is -2.01. The van der Waals surface area contributed by atoms with Crippen LogP contribution in [-0.4, -0.2) is 6.29 Å². The third-order valence-electron chi connectivity index (χ3n) is 3.73. The normalized spacial score (nSPS) is 22.0. The van der Waals surface area contributed by atoms with Crippen LogP contribution in [0.15, 0.2) is 11.6 Å². The van der Waals surface area contributed by atoms with Gasteiger partial charge in [-0.1, -0.05) is 63.9 Å². The summed E-state index contributed by atoms with van der Waals surface area (Å²) >= 11 is 0. The molecule has 1 nitrogen and oxygen atoms in total. The molecular weight excluding hydrogens is 208 g/mol. The van der Waals surface area contributed by atoms with E-state index in [0.29, 0.717) is 0 Å². The number of allylic oxidation sites excluding steroid dienone is 2. The Morgan fingerprint density at radius 3 is 1.71 bits per heavy atom. The van der Waals surface area contributed by atoms with Crippen molar-refractivity contribution in [2.24, 2.45) is 0 Å². The van der Waals surface area contributed by atoms with Crippen molar-refractivity contribution in [2.75, 3.05) is 0 Å². The number of hydrogen-bond acceptors (Lipinski definition) is 1. The summed E-state index contributed by atoms with van der Waals surface area (Å²) in [5, 5.41) is 0. The van der Waals surface area contributed by atoms with Gasteiger partial charge in [-0.25, -0.2) is 0 Å². The first-order valence-corrected chi connectivity index (χ1v) is 7.57. The average molecular weight is 236 g/mol. The molecule has 0 saturated heterocycles. The van der Waals surface area contributed by atoms with Crippen LogP contribution in [0.4, 0.5) is 0 Å². The maximum atomic E-state index is 10.9. The third-order valence-corrected chi connectivity index (χ3v) is 3.73. The molecule has 0 unspecified atom stereocenters. The van der Waals surface area contributed by atoms with Gasteiger partial charge in [0.1, 0.15) is 6.29 Å². The quantitative estimate of drug-likeness (QED) is 0.572. The smallest absolute Gasteiger partial charge is 0.145 e. The number of hydrogen-bond donors (Lipinski definition) is 0. The first-order chi connectivity index (χ1) is 8.43. The molecule has 17 heavy (non-hydrogen) atoms. The van der Waals surface area contributed by atoms with Crippen LogP contribution >= 0.6 is 0 Å². The second-order valence-electron chi connectivity index (χ2n) is 5.32. The van der Waals surface area contributed by atoms with E-state index in [1.165, 1.54) is 70.6 Å². The number of carbonyl (C=O) groups excluding carboxylic acids is 1. The third kappa shape index (κ3) is 8.18. The predicted octanol–water partition coefficient (Wildman–Crippen LogP) is 5.20. The molecule has 1 aliphatic carbocycles. The first-order valence-electron chi connectivity index (χ1n) is 7.57. The Bertz CT molecular complexity index is 218. The lowest BCUT2D eigenvalue weighted by molar-refractivity contribution is -0.105. The molecule has 0 amide bonds. The maximum absolute atomic E-state index is 10.9. The minimum absolute atomic E-state index is 1.00. The van der Waals surface area contributed by atoms with Gasteiger partial charge >= 0.3 is 0 Å². The molecule has 0 heterocycles. The van der Waals surface area contributed by atoms with Crippen molar-refractivity contribution < 1.29 is 4.79 Å². The van der Waals surface area contributed by atoms with Crippen LogP contribution in [-0.2, 0) is 4.79 Å². The van der Waals surface area contributed by atoms with E-state index >= 15 is 0 Å². The molecule has 0 spiro atoms. The molecule has 98 valence electrons. The predicted molar refractivity (Wildman–Crippen MR) is 74.2 cm³/mol. The topological polar surface area (TPSA) is 17.1 Å². The zero-order valence-corrected chi connectivity index (χ0v) is 11.3. The molecule has 1 heteroatoms. The summed E-state index contributed by atoms with van der Waals surface area (Å²) in [7, 11) is 0. The van der Waals surface area contributed by atoms with Crippen LogP contribution in [0.5, 0.6) is 0 Å². The van der Waals surface area contributed by atoms with Gasteiger partial charge in [-0.05, 0) is 31.3 Å². The van der Waals surface area contributed by atoms with Crippen LogP contribution in [0.25, 0.3) is 0 Å². The van der Waals surface area contributed by atoms with Crippen LogP contribution in [0.1, 0.15) is 83.5 Å². The molecule has 0 saturated carbocycles. The van der Waals surface area contributed by atoms with Crippen molar-refractivity contribution in [2.45, 2.75) is 83.5 Å². The summed E-state index contributed by atoms with van der Waals surface area (Å²) in [6.07, 6.45) is 20.2. The molecule has 0 radical (unpaired) electrons. The maximum Gasteiger partial charge on any atom is 0.145 e. The zero-order chi connectivity index (χ0) is 12.2. The van der Waals surface area contributed by atoms with Gasteiger partial charge in [0.15, 0.2) is 0 Å². The highest BCUT2D eigenvalue weighted by molar-refractivity contribution is 5.72. The number of rotatable bonds is 1. The number of aldehydes is 1. The van der Waals surface area contributed by atoms with E-state index in [9.17, 15) is 4.79 Å². The molecule has 1 aliphatic rings. The van der Waals surface area contributed by atoms with Gasteiger partial charge in [0.25, 0.3) is 0 Å². The molecule has 0 atom stereocenters. The molecular formula is C16H28O. The van der Waals surface area contributed by atoms with E-state index < -0.39 is 0 Å². The highest BCUT2D eigenvalue weighted by atomic mass is 16.1. The minimum Gasteiger partial charge on any atom is -0.298 e. The number of carbonyl (C=O) groups is 1. The largest absolute Gasteiger partial charge is 0.298 e. The molecule has 0 N–H and O–H groups in total. The SMILES string of the molecule is O=CC1=CCCCCCCCCCCCCC1. The molecule has 0 fully saturated rings. The zero-order valence-electron chi connectivity index (χ0n) is 11.3. The monoisotopic (exact) mass is 236 g/mol. The van der Waals surface area contributed by atoms with Gasteiger partial charge in [0.05, 0.1) is 0 Å². The van der Waals surface area contributed by atoms with E-state index in [0.717, 1.165) is 24.7 Å². The van der Waals surface area contributed by atoms with Crippen LogP contribution in [0.2, 0.25) is 0 Å². The Kier molecular flexibility index (Phi) is 8.99. The standard InChI is InChI=1S/C16H28O/c17-15-16-13-11-9-7-5-3-1-2-4-6-8-10-12-14-16/h13,15H,1-12,14H2. The van der Waals surface area contributed by atoms with Gasteiger partial charge in [-0.3, -0.25) is 4.79 Å². The summed E-state index contributed by atoms with van der Waals surface area (Å²) in [5.41, 5.74) is 1.04. The summed E-state index contributed by atoms with van der Waals surface area (Å²) in [5.74, 6) is 0. The van der Waals surface area contributed by atoms with E-state index in [1.54, 1.807) is 0 Å². The Morgan fingerprint density at radius 1 is 0.706 bits per heavy atom. The summed E-state index contributed by atoms with van der Waals surface area (Å²) in [6.45, 7) is 0. The fourth-order valence-electron chi connectivity index (χ4n) is 2.56. The minimum atomic E-state index is 1.00. The molecule has 0 aromatic carbocycles. The fraction of sp³-hybridized carbons (Fsp3) is 0.812. The van der Waals surface area contributed by atoms with E-state index in [2.05, 4.69) is 6.08 Å².